The van der Waals surface area contributed by atoms with Crippen molar-refractivity contribution in [1.82, 2.24) is 0 Å². The highest BCUT2D eigenvalue weighted by molar-refractivity contribution is 5.29. The number of rotatable bonds is 7. The maximum absolute atomic E-state index is 4.16. The Morgan fingerprint density at radius 2 is 2.00 bits per heavy atom. The smallest absolute Gasteiger partial charge is 0.0590 e. The van der Waals surface area contributed by atoms with Crippen LogP contribution in [0.5, 0.6) is 0 Å². The third kappa shape index (κ3) is 3.48. The van der Waals surface area contributed by atoms with Crippen molar-refractivity contribution >= 4 is 6.72 Å². The minimum absolute atomic E-state index is 0.512. The second-order valence-corrected chi connectivity index (χ2v) is 4.79. The van der Waals surface area contributed by atoms with E-state index in [9.17, 15) is 0 Å². The highest BCUT2D eigenvalue weighted by Gasteiger charge is 2.44. The highest BCUT2D eigenvalue weighted by atomic mass is 14.9. The van der Waals surface area contributed by atoms with E-state index in [2.05, 4.69) is 38.6 Å². The molecule has 1 heteroatoms. The van der Waals surface area contributed by atoms with E-state index in [1.54, 1.807) is 5.57 Å². The Morgan fingerprint density at radius 1 is 1.27 bits per heavy atom. The number of hydrogen-bond acceptors (Lipinski definition) is 1. The van der Waals surface area contributed by atoms with E-state index in [0.29, 0.717) is 12.0 Å². The van der Waals surface area contributed by atoms with Crippen molar-refractivity contribution in [2.75, 3.05) is 0 Å². The summed E-state index contributed by atoms with van der Waals surface area (Å²) in [5.74, 6) is 1.43. The maximum atomic E-state index is 4.16. The Morgan fingerprint density at radius 3 is 2.47 bits per heavy atom. The molecule has 0 aliphatic heterocycles. The van der Waals surface area contributed by atoms with Crippen molar-refractivity contribution in [3.05, 3.63) is 11.6 Å². The first kappa shape index (κ1) is 12.5. The van der Waals surface area contributed by atoms with Gasteiger partial charge in [-0.3, -0.25) is 4.99 Å². The first-order valence-electron chi connectivity index (χ1n) is 6.40. The molecule has 0 aromatic carbocycles. The quantitative estimate of drug-likeness (QED) is 0.437. The van der Waals surface area contributed by atoms with Gasteiger partial charge in [-0.2, -0.15) is 0 Å². The first-order chi connectivity index (χ1) is 7.24. The summed E-state index contributed by atoms with van der Waals surface area (Å²) in [5, 5.41) is 0. The largest absolute Gasteiger partial charge is 0.297 e. The molecular weight excluding hydrogens is 182 g/mol. The molecule has 3 atom stereocenters. The molecule has 0 N–H and O–H groups in total. The third-order valence-electron chi connectivity index (χ3n) is 3.46. The molecule has 0 radical (unpaired) electrons. The fraction of sp³-hybridized carbons (Fsp3) is 0.786. The Kier molecular flexibility index (Phi) is 5.07. The van der Waals surface area contributed by atoms with Crippen molar-refractivity contribution in [2.45, 2.75) is 58.9 Å². The molecule has 1 aliphatic rings. The van der Waals surface area contributed by atoms with Crippen LogP contribution in [0.1, 0.15) is 52.9 Å². The molecule has 1 saturated carbocycles. The van der Waals surface area contributed by atoms with Gasteiger partial charge in [0.2, 0.25) is 0 Å². The van der Waals surface area contributed by atoms with Crippen molar-refractivity contribution in [1.29, 1.82) is 0 Å². The topological polar surface area (TPSA) is 12.4 Å². The molecule has 0 aromatic heterocycles. The lowest BCUT2D eigenvalue weighted by Crippen LogP contribution is -1.87. The summed E-state index contributed by atoms with van der Waals surface area (Å²) in [5.41, 5.74) is 1.65. The van der Waals surface area contributed by atoms with Crippen LogP contribution in [0.3, 0.4) is 0 Å². The van der Waals surface area contributed by atoms with Gasteiger partial charge in [-0.1, -0.05) is 45.3 Å². The third-order valence-corrected chi connectivity index (χ3v) is 3.46. The Hall–Kier alpha value is -0.590. The predicted octanol–water partition coefficient (Wildman–Crippen LogP) is 4.24. The van der Waals surface area contributed by atoms with E-state index >= 15 is 0 Å². The fourth-order valence-electron chi connectivity index (χ4n) is 2.30. The van der Waals surface area contributed by atoms with Crippen LogP contribution in [-0.4, -0.2) is 12.8 Å². The summed E-state index contributed by atoms with van der Waals surface area (Å²) in [6.07, 6.45) is 8.94. The minimum Gasteiger partial charge on any atom is -0.297 e. The first-order valence-corrected chi connectivity index (χ1v) is 6.40. The number of hydrogen-bond donors (Lipinski definition) is 0. The molecule has 15 heavy (non-hydrogen) atoms. The van der Waals surface area contributed by atoms with Crippen LogP contribution in [-0.2, 0) is 0 Å². The average Bonchev–Trinajstić information content (AvgIpc) is 2.85. The van der Waals surface area contributed by atoms with Crippen molar-refractivity contribution in [3.63, 3.8) is 0 Å². The highest BCUT2D eigenvalue weighted by Crippen LogP contribution is 2.43. The Labute approximate surface area is 94.7 Å². The molecule has 0 spiro atoms. The SMILES string of the molecule is C=NC1C(C)C1/C=C(\CCC)CCCC. The van der Waals surface area contributed by atoms with Crippen molar-refractivity contribution in [2.24, 2.45) is 16.8 Å². The summed E-state index contributed by atoms with van der Waals surface area (Å²) in [6.45, 7) is 10.5. The van der Waals surface area contributed by atoms with Crippen molar-refractivity contribution in [3.8, 4) is 0 Å². The maximum Gasteiger partial charge on any atom is 0.0590 e. The van der Waals surface area contributed by atoms with Crippen LogP contribution in [0.25, 0.3) is 0 Å². The fourth-order valence-corrected chi connectivity index (χ4v) is 2.30. The van der Waals surface area contributed by atoms with Gasteiger partial charge < -0.3 is 0 Å². The van der Waals surface area contributed by atoms with Crippen LogP contribution < -0.4 is 0 Å². The van der Waals surface area contributed by atoms with Gasteiger partial charge >= 0.3 is 0 Å². The number of unbranched alkanes of at least 4 members (excludes halogenated alkanes) is 1. The van der Waals surface area contributed by atoms with E-state index in [1.807, 2.05) is 0 Å². The number of aliphatic imine (C=N–C) groups is 1. The van der Waals surface area contributed by atoms with E-state index in [1.165, 1.54) is 32.1 Å². The van der Waals surface area contributed by atoms with Gasteiger partial charge in [0, 0.05) is 5.92 Å². The van der Waals surface area contributed by atoms with Crippen LogP contribution in [0, 0.1) is 11.8 Å². The van der Waals surface area contributed by atoms with Gasteiger partial charge in [-0.25, -0.2) is 0 Å². The Bertz CT molecular complexity index is 229. The lowest BCUT2D eigenvalue weighted by Gasteiger charge is -2.04. The van der Waals surface area contributed by atoms with E-state index in [4.69, 9.17) is 0 Å². The normalized spacial score (nSPS) is 30.3. The molecule has 1 rings (SSSR count). The Balaban J connectivity index is 2.47. The van der Waals surface area contributed by atoms with Gasteiger partial charge in [-0.15, -0.1) is 0 Å². The number of nitrogens with zero attached hydrogens (tertiary/aromatic N) is 1. The van der Waals surface area contributed by atoms with Crippen molar-refractivity contribution < 1.29 is 0 Å². The summed E-state index contributed by atoms with van der Waals surface area (Å²) in [7, 11) is 0. The average molecular weight is 207 g/mol. The molecule has 1 aliphatic carbocycles. The zero-order chi connectivity index (χ0) is 11.3. The summed E-state index contributed by atoms with van der Waals surface area (Å²) in [4.78, 5) is 4.16. The van der Waals surface area contributed by atoms with E-state index in [-0.39, 0.29) is 0 Å². The van der Waals surface area contributed by atoms with Gasteiger partial charge in [0.05, 0.1) is 6.04 Å². The monoisotopic (exact) mass is 207 g/mol. The number of allylic oxidation sites excluding steroid dienone is 1. The minimum atomic E-state index is 0.512. The standard InChI is InChI=1S/C14H25N/c1-5-7-9-12(8-6-2)10-13-11(3)14(13)15-4/h10-11,13-14H,4-9H2,1-3H3/b12-10+. The lowest BCUT2D eigenvalue weighted by molar-refractivity contribution is 0.731. The molecule has 86 valence electrons. The van der Waals surface area contributed by atoms with E-state index in [0.717, 1.165) is 5.92 Å². The molecule has 0 amide bonds. The van der Waals surface area contributed by atoms with Crippen LogP contribution >= 0.6 is 0 Å². The summed E-state index contributed by atoms with van der Waals surface area (Å²) >= 11 is 0. The van der Waals surface area contributed by atoms with Gasteiger partial charge in [0.25, 0.3) is 0 Å². The summed E-state index contributed by atoms with van der Waals surface area (Å²) < 4.78 is 0. The molecular formula is C14H25N. The zero-order valence-corrected chi connectivity index (χ0v) is 10.5. The molecule has 1 nitrogen and oxygen atoms in total. The molecule has 0 saturated heterocycles. The van der Waals surface area contributed by atoms with Crippen LogP contribution in [0.2, 0.25) is 0 Å². The lowest BCUT2D eigenvalue weighted by atomic mass is 10.0. The summed E-state index contributed by atoms with van der Waals surface area (Å²) in [6, 6.07) is 0.512. The zero-order valence-electron chi connectivity index (χ0n) is 10.5. The van der Waals surface area contributed by atoms with Gasteiger partial charge in [0.1, 0.15) is 0 Å². The molecule has 0 heterocycles. The predicted molar refractivity (Wildman–Crippen MR) is 68.5 cm³/mol. The van der Waals surface area contributed by atoms with E-state index < -0.39 is 0 Å². The van der Waals surface area contributed by atoms with Crippen LogP contribution in [0.4, 0.5) is 0 Å². The van der Waals surface area contributed by atoms with Gasteiger partial charge in [-0.05, 0) is 31.9 Å². The van der Waals surface area contributed by atoms with Crippen LogP contribution in [0.15, 0.2) is 16.6 Å². The second-order valence-electron chi connectivity index (χ2n) is 4.79. The molecule has 3 unspecified atom stereocenters. The van der Waals surface area contributed by atoms with Gasteiger partial charge in [0.15, 0.2) is 0 Å². The molecule has 1 fully saturated rings. The molecule has 0 aromatic rings. The molecule has 0 bridgehead atoms. The second kappa shape index (κ2) is 6.09.